The Hall–Kier alpha value is -4.14. The number of carbonyl (C=O) groups is 3. The molecule has 2 atom stereocenters. The first kappa shape index (κ1) is 22.6. The monoisotopic (exact) mass is 474 g/mol. The van der Waals surface area contributed by atoms with Gasteiger partial charge in [-0.1, -0.05) is 55.0 Å². The fourth-order valence-electron chi connectivity index (χ4n) is 5.16. The van der Waals surface area contributed by atoms with E-state index < -0.39 is 29.9 Å². The van der Waals surface area contributed by atoms with E-state index in [0.29, 0.717) is 12.8 Å². The number of nitrogens with zero attached hydrogens (tertiary/aromatic N) is 2. The Morgan fingerprint density at radius 1 is 1.06 bits per heavy atom. The average Bonchev–Trinajstić information content (AvgIpc) is 3.53. The van der Waals surface area contributed by atoms with Gasteiger partial charge in [0.2, 0.25) is 0 Å². The lowest BCUT2D eigenvalue weighted by Crippen LogP contribution is -2.40. The zero-order valence-corrected chi connectivity index (χ0v) is 19.2. The highest BCUT2D eigenvalue weighted by atomic mass is 16.5. The van der Waals surface area contributed by atoms with Crippen LogP contribution in [-0.2, 0) is 16.6 Å². The van der Waals surface area contributed by atoms with Crippen molar-refractivity contribution in [3.8, 4) is 11.1 Å². The molecule has 1 aromatic heterocycles. The van der Waals surface area contributed by atoms with Gasteiger partial charge in [0, 0.05) is 25.2 Å². The van der Waals surface area contributed by atoms with E-state index >= 15 is 0 Å². The van der Waals surface area contributed by atoms with Gasteiger partial charge < -0.3 is 15.2 Å². The van der Waals surface area contributed by atoms with E-state index in [9.17, 15) is 19.5 Å². The third kappa shape index (κ3) is 4.37. The molecule has 2 aromatic carbocycles. The van der Waals surface area contributed by atoms with Crippen LogP contribution in [0.4, 0.5) is 10.5 Å². The second-order valence-electron chi connectivity index (χ2n) is 8.97. The highest BCUT2D eigenvalue weighted by molar-refractivity contribution is 6.01. The molecule has 9 heteroatoms. The third-order valence-corrected chi connectivity index (χ3v) is 6.77. The number of hydrogen-bond acceptors (Lipinski definition) is 5. The molecule has 1 fully saturated rings. The van der Waals surface area contributed by atoms with E-state index in [1.807, 2.05) is 36.4 Å². The SMILES string of the molecule is Cn1cc(NC(=O)OCC2c3ccccc3-c3ccccc32)c(C(=O)N[C@@H]2CCC[C@@H]2C(=O)O)n1. The van der Waals surface area contributed by atoms with E-state index in [0.717, 1.165) is 28.7 Å². The van der Waals surface area contributed by atoms with Crippen molar-refractivity contribution in [1.29, 1.82) is 0 Å². The number of benzene rings is 2. The zero-order valence-electron chi connectivity index (χ0n) is 19.2. The van der Waals surface area contributed by atoms with Crippen LogP contribution in [0.2, 0.25) is 0 Å². The summed E-state index contributed by atoms with van der Waals surface area (Å²) >= 11 is 0. The fraction of sp³-hybridized carbons (Fsp3) is 0.308. The Balaban J connectivity index is 1.26. The molecular weight excluding hydrogens is 448 g/mol. The second-order valence-corrected chi connectivity index (χ2v) is 8.97. The fourth-order valence-corrected chi connectivity index (χ4v) is 5.16. The van der Waals surface area contributed by atoms with Crippen LogP contribution in [0.1, 0.15) is 46.8 Å². The number of carboxylic acids is 1. The summed E-state index contributed by atoms with van der Waals surface area (Å²) < 4.78 is 6.99. The molecule has 2 aliphatic rings. The summed E-state index contributed by atoms with van der Waals surface area (Å²) in [6, 6.07) is 15.7. The normalized spacial score (nSPS) is 18.5. The molecule has 0 aliphatic heterocycles. The van der Waals surface area contributed by atoms with E-state index in [1.165, 1.54) is 10.9 Å². The molecule has 0 bridgehead atoms. The van der Waals surface area contributed by atoms with E-state index in [2.05, 4.69) is 27.9 Å². The number of carbonyl (C=O) groups excluding carboxylic acids is 2. The number of hydrogen-bond donors (Lipinski definition) is 3. The standard InChI is InChI=1S/C26H26N4O5/c1-30-13-22(23(29-30)24(31)27-21-12-6-11-19(21)25(32)33)28-26(34)35-14-20-17-9-4-2-7-15(17)16-8-3-5-10-18(16)20/h2-5,7-10,13,19-21H,6,11-12,14H2,1H3,(H,27,31)(H,28,34)(H,32,33)/t19-,21+/m0/s1. The number of amides is 2. The Kier molecular flexibility index (Phi) is 5.98. The number of rotatable bonds is 6. The molecule has 1 heterocycles. The van der Waals surface area contributed by atoms with Gasteiger partial charge in [0.1, 0.15) is 6.61 Å². The molecule has 3 N–H and O–H groups in total. The van der Waals surface area contributed by atoms with E-state index in [1.54, 1.807) is 7.05 Å². The highest BCUT2D eigenvalue weighted by Crippen LogP contribution is 2.44. The van der Waals surface area contributed by atoms with Crippen molar-refractivity contribution < 1.29 is 24.2 Å². The first-order valence-corrected chi connectivity index (χ1v) is 11.6. The maximum absolute atomic E-state index is 12.9. The quantitative estimate of drug-likeness (QED) is 0.500. The maximum atomic E-state index is 12.9. The van der Waals surface area contributed by atoms with Crippen molar-refractivity contribution in [1.82, 2.24) is 15.1 Å². The molecule has 0 saturated heterocycles. The van der Waals surface area contributed by atoms with Gasteiger partial charge in [-0.15, -0.1) is 0 Å². The van der Waals surface area contributed by atoms with Gasteiger partial charge in [-0.3, -0.25) is 19.6 Å². The molecule has 0 spiro atoms. The number of aryl methyl sites for hydroxylation is 1. The van der Waals surface area contributed by atoms with Crippen LogP contribution in [0.15, 0.2) is 54.7 Å². The number of ether oxygens (including phenoxy) is 1. The molecule has 9 nitrogen and oxygen atoms in total. The lowest BCUT2D eigenvalue weighted by Gasteiger charge is -2.17. The first-order chi connectivity index (χ1) is 16.9. The minimum Gasteiger partial charge on any atom is -0.481 e. The summed E-state index contributed by atoms with van der Waals surface area (Å²) in [5.41, 5.74) is 4.69. The largest absolute Gasteiger partial charge is 0.481 e. The van der Waals surface area contributed by atoms with Crippen molar-refractivity contribution in [2.75, 3.05) is 11.9 Å². The Labute approximate surface area is 202 Å². The van der Waals surface area contributed by atoms with E-state index in [4.69, 9.17) is 4.74 Å². The second kappa shape index (κ2) is 9.25. The predicted molar refractivity (Wildman–Crippen MR) is 128 cm³/mol. The number of aromatic nitrogens is 2. The van der Waals surface area contributed by atoms with Crippen molar-refractivity contribution in [3.05, 3.63) is 71.5 Å². The summed E-state index contributed by atoms with van der Waals surface area (Å²) in [5.74, 6) is -2.16. The zero-order chi connectivity index (χ0) is 24.5. The Morgan fingerprint density at radius 2 is 1.71 bits per heavy atom. The van der Waals surface area contributed by atoms with Gasteiger partial charge in [-0.2, -0.15) is 5.10 Å². The van der Waals surface area contributed by atoms with Crippen molar-refractivity contribution in [3.63, 3.8) is 0 Å². The number of nitrogens with one attached hydrogen (secondary N) is 2. The topological polar surface area (TPSA) is 123 Å². The lowest BCUT2D eigenvalue weighted by atomic mass is 9.98. The van der Waals surface area contributed by atoms with Gasteiger partial charge in [0.05, 0.1) is 11.6 Å². The number of aliphatic carboxylic acids is 1. The molecule has 0 radical (unpaired) electrons. The molecule has 0 unspecified atom stereocenters. The van der Waals surface area contributed by atoms with Gasteiger partial charge in [-0.25, -0.2) is 4.79 Å². The summed E-state index contributed by atoms with van der Waals surface area (Å²) in [4.78, 5) is 37.0. The molecule has 5 rings (SSSR count). The first-order valence-electron chi connectivity index (χ1n) is 11.6. The van der Waals surface area contributed by atoms with Gasteiger partial charge in [-0.05, 0) is 35.1 Å². The molecule has 180 valence electrons. The predicted octanol–water partition coefficient (Wildman–Crippen LogP) is 3.76. The summed E-state index contributed by atoms with van der Waals surface area (Å²) in [6.07, 6.45) is 2.66. The van der Waals surface area contributed by atoms with Gasteiger partial charge in [0.25, 0.3) is 5.91 Å². The molecular formula is C26H26N4O5. The number of carboxylic acid groups (broad SMARTS) is 1. The summed E-state index contributed by atoms with van der Waals surface area (Å²) in [5, 5.41) is 18.9. The average molecular weight is 475 g/mol. The van der Waals surface area contributed by atoms with Crippen LogP contribution in [0.25, 0.3) is 11.1 Å². The van der Waals surface area contributed by atoms with Gasteiger partial charge >= 0.3 is 12.1 Å². The van der Waals surface area contributed by atoms with Crippen molar-refractivity contribution in [2.24, 2.45) is 13.0 Å². The van der Waals surface area contributed by atoms with Crippen LogP contribution in [0.3, 0.4) is 0 Å². The minimum atomic E-state index is -0.925. The Morgan fingerprint density at radius 3 is 2.37 bits per heavy atom. The minimum absolute atomic E-state index is 0.0112. The molecule has 35 heavy (non-hydrogen) atoms. The van der Waals surface area contributed by atoms with E-state index in [-0.39, 0.29) is 23.9 Å². The maximum Gasteiger partial charge on any atom is 0.411 e. The van der Waals surface area contributed by atoms with Crippen molar-refractivity contribution in [2.45, 2.75) is 31.2 Å². The summed E-state index contributed by atoms with van der Waals surface area (Å²) in [6.45, 7) is 0.143. The van der Waals surface area contributed by atoms with Crippen LogP contribution in [0.5, 0.6) is 0 Å². The van der Waals surface area contributed by atoms with Crippen LogP contribution in [0, 0.1) is 5.92 Å². The summed E-state index contributed by atoms with van der Waals surface area (Å²) in [7, 11) is 1.63. The highest BCUT2D eigenvalue weighted by Gasteiger charge is 2.35. The van der Waals surface area contributed by atoms with Crippen LogP contribution >= 0.6 is 0 Å². The lowest BCUT2D eigenvalue weighted by molar-refractivity contribution is -0.142. The molecule has 2 amide bonds. The van der Waals surface area contributed by atoms with Crippen LogP contribution < -0.4 is 10.6 Å². The number of fused-ring (bicyclic) bond motifs is 3. The molecule has 3 aromatic rings. The van der Waals surface area contributed by atoms with Gasteiger partial charge in [0.15, 0.2) is 5.69 Å². The van der Waals surface area contributed by atoms with Crippen LogP contribution in [-0.4, -0.2) is 45.5 Å². The molecule has 1 saturated carbocycles. The smallest absolute Gasteiger partial charge is 0.411 e. The number of anilines is 1. The molecule has 2 aliphatic carbocycles. The Bertz CT molecular complexity index is 1250. The third-order valence-electron chi connectivity index (χ3n) is 6.77. The van der Waals surface area contributed by atoms with Crippen molar-refractivity contribution >= 4 is 23.7 Å².